The van der Waals surface area contributed by atoms with Gasteiger partial charge >= 0.3 is 21.1 Å². The Morgan fingerprint density at radius 1 is 0.600 bits per heavy atom. The van der Waals surface area contributed by atoms with Crippen molar-refractivity contribution in [2.24, 2.45) is 0 Å². The van der Waals surface area contributed by atoms with Crippen LogP contribution in [-0.4, -0.2) is 26.1 Å². The summed E-state index contributed by atoms with van der Waals surface area (Å²) in [7, 11) is -4.19. The van der Waals surface area contributed by atoms with Gasteiger partial charge in [-0.05, 0) is 57.4 Å². The molecule has 3 heterocycles. The molecule has 0 spiro atoms. The average Bonchev–Trinajstić information content (AvgIpc) is 3.25. The van der Waals surface area contributed by atoms with E-state index < -0.39 is 16.1 Å². The number of hydrogen-bond acceptors (Lipinski definition) is 3. The SMILES string of the molecule is CC(C)(C)c1ccnc([Si](C)(C)c2[c-]c3c(cc2)oc2ccc([Si](C)(C)c4cc(C(C)(C)C)ccn4)[c-]c23)c1.[Pt+2]. The summed E-state index contributed by atoms with van der Waals surface area (Å²) >= 11 is 0. The zero-order valence-electron chi connectivity index (χ0n) is 25.4. The van der Waals surface area contributed by atoms with Gasteiger partial charge in [0.05, 0.1) is 0 Å². The number of furan rings is 1. The van der Waals surface area contributed by atoms with E-state index in [1.807, 2.05) is 12.4 Å². The first-order valence-electron chi connectivity index (χ1n) is 13.8. The Hall–Kier alpha value is -2.34. The van der Waals surface area contributed by atoms with Crippen LogP contribution < -0.4 is 21.0 Å². The summed E-state index contributed by atoms with van der Waals surface area (Å²) < 4.78 is 6.26. The number of aromatic nitrogens is 2. The molecule has 0 N–H and O–H groups in total. The molecule has 5 rings (SSSR count). The van der Waals surface area contributed by atoms with Gasteiger partial charge in [0, 0.05) is 23.0 Å². The second-order valence-electron chi connectivity index (χ2n) is 13.9. The number of pyridine rings is 2. The van der Waals surface area contributed by atoms with Crippen molar-refractivity contribution in [1.82, 2.24) is 9.97 Å². The Labute approximate surface area is 256 Å². The molecule has 2 aromatic carbocycles. The molecule has 0 saturated carbocycles. The fraction of sp³-hybridized carbons (Fsp3) is 0.353. The minimum Gasteiger partial charge on any atom is -0.564 e. The summed E-state index contributed by atoms with van der Waals surface area (Å²) in [6.45, 7) is 23.0. The molecule has 0 aliphatic heterocycles. The fourth-order valence-corrected chi connectivity index (χ4v) is 9.36. The molecule has 0 aliphatic carbocycles. The third-order valence-corrected chi connectivity index (χ3v) is 14.5. The maximum atomic E-state index is 6.26. The number of benzene rings is 2. The molecular weight excluding hydrogens is 704 g/mol. The van der Waals surface area contributed by atoms with Gasteiger partial charge in [0.1, 0.15) is 16.1 Å². The smallest absolute Gasteiger partial charge is 0.564 e. The minimum absolute atomic E-state index is 0. The van der Waals surface area contributed by atoms with Crippen molar-refractivity contribution in [2.75, 3.05) is 0 Å². The van der Waals surface area contributed by atoms with E-state index in [0.29, 0.717) is 0 Å². The van der Waals surface area contributed by atoms with E-state index >= 15 is 0 Å². The standard InChI is InChI=1S/C34H40N2OSi2.Pt/c1-33(2,3)23-15-17-35-31(19-23)38(7,8)25-11-13-29-27(21-25)28-22-26(12-14-30(28)37-29)39(9,10)32-20-24(16-18-36-32)34(4,5)6;/h11-20H,1-10H3;/q-2;+2. The Kier molecular flexibility index (Phi) is 8.03. The molecule has 3 nitrogen and oxygen atoms in total. The second kappa shape index (κ2) is 10.5. The van der Waals surface area contributed by atoms with Gasteiger partial charge < -0.3 is 4.42 Å². The number of hydrogen-bond donors (Lipinski definition) is 0. The van der Waals surface area contributed by atoms with E-state index in [9.17, 15) is 0 Å². The van der Waals surface area contributed by atoms with Crippen LogP contribution >= 0.6 is 0 Å². The van der Waals surface area contributed by atoms with Crippen LogP contribution in [0.3, 0.4) is 0 Å². The van der Waals surface area contributed by atoms with Crippen LogP contribution in [0.4, 0.5) is 0 Å². The molecule has 0 fully saturated rings. The third-order valence-electron chi connectivity index (χ3n) is 8.16. The number of rotatable bonds is 4. The van der Waals surface area contributed by atoms with Gasteiger partial charge in [0.25, 0.3) is 0 Å². The van der Waals surface area contributed by atoms with Crippen molar-refractivity contribution in [3.05, 3.63) is 84.2 Å². The van der Waals surface area contributed by atoms with E-state index in [-0.39, 0.29) is 31.9 Å². The Morgan fingerprint density at radius 3 is 1.32 bits per heavy atom. The Balaban J connectivity index is 0.00000370. The molecule has 0 radical (unpaired) electrons. The summed E-state index contributed by atoms with van der Waals surface area (Å²) in [6.07, 6.45) is 3.93. The molecule has 0 amide bonds. The van der Waals surface area contributed by atoms with Crippen LogP contribution in [0.5, 0.6) is 0 Å². The van der Waals surface area contributed by atoms with Crippen molar-refractivity contribution in [2.45, 2.75) is 78.6 Å². The summed E-state index contributed by atoms with van der Waals surface area (Å²) in [5.41, 5.74) is 4.51. The van der Waals surface area contributed by atoms with Gasteiger partial charge in [-0.1, -0.05) is 67.7 Å². The van der Waals surface area contributed by atoms with Crippen LogP contribution in [0, 0.1) is 12.1 Å². The molecule has 0 aliphatic rings. The maximum absolute atomic E-state index is 6.26. The van der Waals surface area contributed by atoms with Crippen molar-refractivity contribution in [3.8, 4) is 0 Å². The number of nitrogens with zero attached hydrogens (tertiary/aromatic N) is 2. The molecule has 0 bridgehead atoms. The molecule has 0 atom stereocenters. The monoisotopic (exact) mass is 743 g/mol. The summed E-state index contributed by atoms with van der Waals surface area (Å²) in [6, 6.07) is 25.0. The van der Waals surface area contributed by atoms with Crippen molar-refractivity contribution in [3.63, 3.8) is 0 Å². The van der Waals surface area contributed by atoms with Gasteiger partial charge in [-0.25, -0.2) is 0 Å². The Bertz CT molecular complexity index is 1570. The second-order valence-corrected chi connectivity index (χ2v) is 22.5. The topological polar surface area (TPSA) is 38.9 Å². The van der Waals surface area contributed by atoms with Gasteiger partial charge in [-0.2, -0.15) is 22.9 Å². The third kappa shape index (κ3) is 5.58. The van der Waals surface area contributed by atoms with Crippen LogP contribution in [0.15, 0.2) is 65.3 Å². The summed E-state index contributed by atoms with van der Waals surface area (Å²) in [4.78, 5) is 9.69. The van der Waals surface area contributed by atoms with E-state index in [4.69, 9.17) is 14.4 Å². The first-order valence-corrected chi connectivity index (χ1v) is 19.8. The normalized spacial score (nSPS) is 13.1. The average molecular weight is 744 g/mol. The van der Waals surface area contributed by atoms with Crippen molar-refractivity contribution in [1.29, 1.82) is 0 Å². The molecule has 0 saturated heterocycles. The van der Waals surface area contributed by atoms with Crippen molar-refractivity contribution >= 4 is 59.1 Å². The first-order chi connectivity index (χ1) is 18.1. The predicted octanol–water partition coefficient (Wildman–Crippen LogP) is 6.21. The predicted molar refractivity (Wildman–Crippen MR) is 171 cm³/mol. The van der Waals surface area contributed by atoms with Gasteiger partial charge in [-0.3, -0.25) is 9.97 Å². The maximum Gasteiger partial charge on any atom is 2.00 e. The minimum atomic E-state index is -2.09. The largest absolute Gasteiger partial charge is 2.00 e. The summed E-state index contributed by atoms with van der Waals surface area (Å²) in [5.74, 6) is 0. The van der Waals surface area contributed by atoms with E-state index in [1.165, 1.54) is 32.1 Å². The van der Waals surface area contributed by atoms with Gasteiger partial charge in [0.15, 0.2) is 0 Å². The zero-order chi connectivity index (χ0) is 28.4. The van der Waals surface area contributed by atoms with E-state index in [0.717, 1.165) is 21.9 Å². The van der Waals surface area contributed by atoms with Crippen LogP contribution in [-0.2, 0) is 31.9 Å². The molecule has 5 aromatic rings. The molecule has 0 unspecified atom stereocenters. The zero-order valence-corrected chi connectivity index (χ0v) is 29.7. The molecule has 6 heteroatoms. The van der Waals surface area contributed by atoms with Crippen LogP contribution in [0.1, 0.15) is 52.7 Å². The molecule has 3 aromatic heterocycles. The summed E-state index contributed by atoms with van der Waals surface area (Å²) in [5, 5.41) is 6.84. The quantitative estimate of drug-likeness (QED) is 0.162. The molecule has 210 valence electrons. The molecule has 40 heavy (non-hydrogen) atoms. The van der Waals surface area contributed by atoms with Crippen LogP contribution in [0.25, 0.3) is 21.9 Å². The van der Waals surface area contributed by atoms with Crippen LogP contribution in [0.2, 0.25) is 26.2 Å². The fourth-order valence-electron chi connectivity index (χ4n) is 5.10. The first kappa shape index (κ1) is 30.6. The van der Waals surface area contributed by atoms with E-state index in [1.54, 1.807) is 0 Å². The van der Waals surface area contributed by atoms with E-state index in [2.05, 4.69) is 128 Å². The van der Waals surface area contributed by atoms with Crippen molar-refractivity contribution < 1.29 is 25.5 Å². The number of fused-ring (bicyclic) bond motifs is 3. The Morgan fingerprint density at radius 2 is 0.975 bits per heavy atom. The molecular formula is C34H40N2OPtSi2. The van der Waals surface area contributed by atoms with Gasteiger partial charge in [0.2, 0.25) is 0 Å². The van der Waals surface area contributed by atoms with Gasteiger partial charge in [-0.15, -0.1) is 34.6 Å².